The van der Waals surface area contributed by atoms with Gasteiger partial charge in [-0.3, -0.25) is 19.1 Å². The number of carbonyl (C=O) groups excluding carboxylic acids is 1. The number of Topliss-reactive ketones (excluding diaryl/α,β-unsaturated/α-hetero) is 1. The van der Waals surface area contributed by atoms with E-state index in [4.69, 9.17) is 4.74 Å². The van der Waals surface area contributed by atoms with Crippen molar-refractivity contribution in [3.05, 3.63) is 39.9 Å². The second-order valence-electron chi connectivity index (χ2n) is 3.86. The van der Waals surface area contributed by atoms with E-state index >= 15 is 0 Å². The molecule has 104 valence electrons. The predicted molar refractivity (Wildman–Crippen MR) is 71.8 cm³/mol. The van der Waals surface area contributed by atoms with E-state index in [1.807, 2.05) is 0 Å². The van der Waals surface area contributed by atoms with Crippen LogP contribution in [0.3, 0.4) is 0 Å². The lowest BCUT2D eigenvalue weighted by atomic mass is 10.1. The molecule has 0 heterocycles. The summed E-state index contributed by atoms with van der Waals surface area (Å²) in [6.07, 6.45) is 0.636. The number of non-ortho nitro benzene ring substituents is 1. The van der Waals surface area contributed by atoms with Crippen molar-refractivity contribution in [3.63, 3.8) is 0 Å². The summed E-state index contributed by atoms with van der Waals surface area (Å²) in [5.41, 5.74) is 0.267. The molecule has 0 fully saturated rings. The van der Waals surface area contributed by atoms with Crippen molar-refractivity contribution in [2.45, 2.75) is 6.42 Å². The fourth-order valence-corrected chi connectivity index (χ4v) is 2.48. The SMILES string of the molecule is COCCCS(=O)CC(=O)c1ccc([N+](=O)[O-])cc1. The Bertz CT molecular complexity index is 472. The Morgan fingerprint density at radius 3 is 2.53 bits per heavy atom. The van der Waals surface area contributed by atoms with Crippen LogP contribution in [0.25, 0.3) is 0 Å². The average molecular weight is 285 g/mol. The molecule has 0 saturated carbocycles. The van der Waals surface area contributed by atoms with Crippen molar-refractivity contribution in [2.24, 2.45) is 0 Å². The molecule has 0 aliphatic heterocycles. The summed E-state index contributed by atoms with van der Waals surface area (Å²) in [4.78, 5) is 21.7. The first-order valence-electron chi connectivity index (χ1n) is 5.66. The van der Waals surface area contributed by atoms with Gasteiger partial charge in [-0.05, 0) is 18.6 Å². The van der Waals surface area contributed by atoms with Crippen molar-refractivity contribution < 1.29 is 18.7 Å². The summed E-state index contributed by atoms with van der Waals surface area (Å²) >= 11 is 0. The maximum absolute atomic E-state index is 11.8. The normalized spacial score (nSPS) is 12.1. The Hall–Kier alpha value is -1.60. The third-order valence-corrected chi connectivity index (χ3v) is 3.74. The molecule has 1 rings (SSSR count). The van der Waals surface area contributed by atoms with Gasteiger partial charge in [-0.2, -0.15) is 0 Å². The van der Waals surface area contributed by atoms with E-state index in [0.717, 1.165) is 0 Å². The number of ether oxygens (including phenoxy) is 1. The van der Waals surface area contributed by atoms with Crippen LogP contribution in [0.2, 0.25) is 0 Å². The van der Waals surface area contributed by atoms with Gasteiger partial charge in [0.15, 0.2) is 5.78 Å². The Labute approximate surface area is 113 Å². The largest absolute Gasteiger partial charge is 0.385 e. The molecule has 1 aromatic carbocycles. The molecule has 6 nitrogen and oxygen atoms in total. The molecule has 0 aliphatic carbocycles. The second kappa shape index (κ2) is 7.75. The zero-order valence-electron chi connectivity index (χ0n) is 10.5. The number of methoxy groups -OCH3 is 1. The molecule has 7 heteroatoms. The lowest BCUT2D eigenvalue weighted by Crippen LogP contribution is -2.14. The van der Waals surface area contributed by atoms with Crippen molar-refractivity contribution in [1.29, 1.82) is 0 Å². The monoisotopic (exact) mass is 285 g/mol. The topological polar surface area (TPSA) is 86.5 Å². The van der Waals surface area contributed by atoms with Gasteiger partial charge >= 0.3 is 0 Å². The molecular weight excluding hydrogens is 270 g/mol. The minimum atomic E-state index is -1.23. The van der Waals surface area contributed by atoms with Crippen LogP contribution in [0.15, 0.2) is 24.3 Å². The third kappa shape index (κ3) is 5.27. The van der Waals surface area contributed by atoms with Crippen molar-refractivity contribution in [2.75, 3.05) is 25.2 Å². The number of rotatable bonds is 8. The number of benzene rings is 1. The van der Waals surface area contributed by atoms with Gasteiger partial charge in [0.2, 0.25) is 0 Å². The molecule has 0 N–H and O–H groups in total. The quantitative estimate of drug-likeness (QED) is 0.313. The molecule has 1 atom stereocenters. The fourth-order valence-electron chi connectivity index (χ4n) is 1.44. The number of carbonyl (C=O) groups is 1. The highest BCUT2D eigenvalue weighted by molar-refractivity contribution is 7.85. The van der Waals surface area contributed by atoms with E-state index in [1.54, 1.807) is 7.11 Å². The smallest absolute Gasteiger partial charge is 0.269 e. The van der Waals surface area contributed by atoms with E-state index in [9.17, 15) is 19.1 Å². The highest BCUT2D eigenvalue weighted by atomic mass is 32.2. The minimum Gasteiger partial charge on any atom is -0.385 e. The molecule has 0 saturated heterocycles. The van der Waals surface area contributed by atoms with Crippen LogP contribution >= 0.6 is 0 Å². The van der Waals surface area contributed by atoms with E-state index in [0.29, 0.717) is 24.3 Å². The first-order chi connectivity index (χ1) is 9.04. The second-order valence-corrected chi connectivity index (χ2v) is 5.44. The van der Waals surface area contributed by atoms with Crippen LogP contribution in [0.1, 0.15) is 16.8 Å². The van der Waals surface area contributed by atoms with Crippen LogP contribution < -0.4 is 0 Å². The van der Waals surface area contributed by atoms with E-state index in [2.05, 4.69) is 0 Å². The maximum atomic E-state index is 11.8. The summed E-state index contributed by atoms with van der Waals surface area (Å²) in [6.45, 7) is 0.511. The van der Waals surface area contributed by atoms with Gasteiger partial charge in [0.25, 0.3) is 5.69 Å². The maximum Gasteiger partial charge on any atom is 0.269 e. The van der Waals surface area contributed by atoms with Crippen LogP contribution in [0, 0.1) is 10.1 Å². The summed E-state index contributed by atoms with van der Waals surface area (Å²) in [5, 5.41) is 10.5. The number of ketones is 1. The number of hydrogen-bond donors (Lipinski definition) is 0. The fraction of sp³-hybridized carbons (Fsp3) is 0.417. The molecule has 0 aromatic heterocycles. The van der Waals surface area contributed by atoms with E-state index in [-0.39, 0.29) is 17.2 Å². The van der Waals surface area contributed by atoms with Gasteiger partial charge in [0, 0.05) is 48.0 Å². The molecule has 0 amide bonds. The van der Waals surface area contributed by atoms with Gasteiger partial charge in [-0.1, -0.05) is 0 Å². The first kappa shape index (κ1) is 15.5. The summed E-state index contributed by atoms with van der Waals surface area (Å²) in [5.74, 6) is 0.0688. The Kier molecular flexibility index (Phi) is 6.31. The molecular formula is C12H15NO5S. The number of hydrogen-bond acceptors (Lipinski definition) is 5. The number of nitro benzene ring substituents is 1. The molecule has 1 unspecified atom stereocenters. The number of nitrogens with zero attached hydrogens (tertiary/aromatic N) is 1. The van der Waals surface area contributed by atoms with E-state index < -0.39 is 15.7 Å². The van der Waals surface area contributed by atoms with Crippen LogP contribution in [-0.4, -0.2) is 40.1 Å². The van der Waals surface area contributed by atoms with Crippen molar-refractivity contribution in [3.8, 4) is 0 Å². The predicted octanol–water partition coefficient (Wildman–Crippen LogP) is 1.56. The molecule has 0 aliphatic rings. The zero-order valence-corrected chi connectivity index (χ0v) is 11.4. The van der Waals surface area contributed by atoms with Gasteiger partial charge in [-0.15, -0.1) is 0 Å². The Morgan fingerprint density at radius 1 is 1.37 bits per heavy atom. The highest BCUT2D eigenvalue weighted by Gasteiger charge is 2.12. The number of nitro groups is 1. The van der Waals surface area contributed by atoms with E-state index in [1.165, 1.54) is 24.3 Å². The standard InChI is InChI=1S/C12H15NO5S/c1-18-7-2-8-19(17)9-12(14)10-3-5-11(6-4-10)13(15)16/h3-6H,2,7-9H2,1H3. The minimum absolute atomic E-state index is 0.0679. The van der Waals surface area contributed by atoms with Crippen molar-refractivity contribution >= 4 is 22.3 Å². The lowest BCUT2D eigenvalue weighted by molar-refractivity contribution is -0.384. The molecule has 0 bridgehead atoms. The van der Waals surface area contributed by atoms with Gasteiger partial charge < -0.3 is 4.74 Å². The van der Waals surface area contributed by atoms with Crippen LogP contribution in [0.4, 0.5) is 5.69 Å². The van der Waals surface area contributed by atoms with Gasteiger partial charge in [0.1, 0.15) is 0 Å². The highest BCUT2D eigenvalue weighted by Crippen LogP contribution is 2.12. The van der Waals surface area contributed by atoms with Crippen LogP contribution in [0.5, 0.6) is 0 Å². The van der Waals surface area contributed by atoms with Gasteiger partial charge in [0.05, 0.1) is 10.7 Å². The zero-order chi connectivity index (χ0) is 14.3. The summed E-state index contributed by atoms with van der Waals surface area (Å²) < 4.78 is 16.4. The molecule has 0 radical (unpaired) electrons. The molecule has 19 heavy (non-hydrogen) atoms. The summed E-state index contributed by atoms with van der Waals surface area (Å²) in [7, 11) is 0.331. The lowest BCUT2D eigenvalue weighted by Gasteiger charge is -2.02. The first-order valence-corrected chi connectivity index (χ1v) is 7.15. The average Bonchev–Trinajstić information content (AvgIpc) is 2.39. The molecule has 0 spiro atoms. The Balaban J connectivity index is 2.53. The van der Waals surface area contributed by atoms with Crippen LogP contribution in [-0.2, 0) is 15.5 Å². The third-order valence-electron chi connectivity index (χ3n) is 2.41. The van der Waals surface area contributed by atoms with Crippen molar-refractivity contribution in [1.82, 2.24) is 0 Å². The summed E-state index contributed by atoms with van der Waals surface area (Å²) in [6, 6.07) is 5.29. The van der Waals surface area contributed by atoms with Gasteiger partial charge in [-0.25, -0.2) is 0 Å². The molecule has 1 aromatic rings. The Morgan fingerprint density at radius 2 is 2.00 bits per heavy atom.